The molecule has 0 amide bonds. The number of benzene rings is 1. The highest BCUT2D eigenvalue weighted by Crippen LogP contribution is 2.29. The van der Waals surface area contributed by atoms with Crippen LogP contribution >= 0.6 is 11.6 Å². The molecule has 16 heavy (non-hydrogen) atoms. The lowest BCUT2D eigenvalue weighted by atomic mass is 10.1. The molecule has 0 saturated carbocycles. The third-order valence-electron chi connectivity index (χ3n) is 2.17. The molecule has 1 nitrogen and oxygen atoms in total. The van der Waals surface area contributed by atoms with Crippen LogP contribution in [0.5, 0.6) is 0 Å². The van der Waals surface area contributed by atoms with E-state index in [1.807, 2.05) is 11.9 Å². The van der Waals surface area contributed by atoms with Gasteiger partial charge < -0.3 is 4.90 Å². The minimum atomic E-state index is -4.28. The second-order valence-corrected chi connectivity index (χ2v) is 4.00. The van der Waals surface area contributed by atoms with Gasteiger partial charge in [-0.2, -0.15) is 13.2 Å². The van der Waals surface area contributed by atoms with Crippen molar-refractivity contribution in [3.8, 4) is 0 Å². The van der Waals surface area contributed by atoms with Crippen LogP contribution in [0.3, 0.4) is 0 Å². The molecule has 0 bridgehead atoms. The van der Waals surface area contributed by atoms with Crippen molar-refractivity contribution >= 4 is 11.6 Å². The summed E-state index contributed by atoms with van der Waals surface area (Å²) in [6.45, 7) is 1.12. The highest BCUT2D eigenvalue weighted by molar-refractivity contribution is 6.18. The molecule has 90 valence electrons. The van der Waals surface area contributed by atoms with Crippen LogP contribution in [0.15, 0.2) is 24.3 Å². The Labute approximate surface area is 97.8 Å². The summed E-state index contributed by atoms with van der Waals surface area (Å²) in [6.07, 6.45) is -4.28. The Balaban J connectivity index is 2.75. The van der Waals surface area contributed by atoms with Gasteiger partial charge in [0.25, 0.3) is 0 Å². The smallest absolute Gasteiger partial charge is 0.301 e. The summed E-state index contributed by atoms with van der Waals surface area (Å²) in [4.78, 5) is 1.88. The van der Waals surface area contributed by atoms with Crippen molar-refractivity contribution in [2.45, 2.75) is 12.7 Å². The van der Waals surface area contributed by atoms with Gasteiger partial charge in [-0.1, -0.05) is 18.2 Å². The lowest BCUT2D eigenvalue weighted by molar-refractivity contribution is -0.137. The molecule has 1 rings (SSSR count). The van der Waals surface area contributed by atoms with Crippen molar-refractivity contribution in [1.29, 1.82) is 0 Å². The van der Waals surface area contributed by atoms with E-state index in [4.69, 9.17) is 11.6 Å². The van der Waals surface area contributed by atoms with Crippen molar-refractivity contribution < 1.29 is 13.2 Å². The van der Waals surface area contributed by atoms with Gasteiger partial charge in [0.2, 0.25) is 0 Å². The molecule has 0 saturated heterocycles. The highest BCUT2D eigenvalue weighted by Gasteiger charge is 2.30. The van der Waals surface area contributed by atoms with E-state index in [0.717, 1.165) is 6.07 Å². The molecule has 1 aromatic rings. The maximum Gasteiger partial charge on any atom is 0.416 e. The van der Waals surface area contributed by atoms with Crippen LogP contribution in [-0.2, 0) is 12.7 Å². The number of alkyl halides is 4. The normalized spacial score (nSPS) is 12.1. The Morgan fingerprint density at radius 2 is 2.00 bits per heavy atom. The first kappa shape index (κ1) is 13.3. The summed E-state index contributed by atoms with van der Waals surface area (Å²) >= 11 is 5.54. The fourth-order valence-corrected chi connectivity index (χ4v) is 1.67. The van der Waals surface area contributed by atoms with Crippen LogP contribution in [0.25, 0.3) is 0 Å². The van der Waals surface area contributed by atoms with Gasteiger partial charge in [-0.3, -0.25) is 0 Å². The zero-order chi connectivity index (χ0) is 12.2. The van der Waals surface area contributed by atoms with E-state index < -0.39 is 11.7 Å². The minimum absolute atomic E-state index is 0.468. The van der Waals surface area contributed by atoms with E-state index in [2.05, 4.69) is 0 Å². The maximum absolute atomic E-state index is 12.4. The van der Waals surface area contributed by atoms with Gasteiger partial charge in [-0.05, 0) is 18.7 Å². The van der Waals surface area contributed by atoms with Crippen LogP contribution in [-0.4, -0.2) is 24.4 Å². The maximum atomic E-state index is 12.4. The number of halogens is 4. The lowest BCUT2D eigenvalue weighted by Crippen LogP contribution is -2.20. The highest BCUT2D eigenvalue weighted by atomic mass is 35.5. The van der Waals surface area contributed by atoms with Gasteiger partial charge in [0.05, 0.1) is 5.56 Å². The second kappa shape index (κ2) is 5.55. The van der Waals surface area contributed by atoms with Crippen molar-refractivity contribution in [3.05, 3.63) is 35.4 Å². The topological polar surface area (TPSA) is 3.24 Å². The number of hydrogen-bond acceptors (Lipinski definition) is 1. The first-order chi connectivity index (χ1) is 7.43. The summed E-state index contributed by atoms with van der Waals surface area (Å²) in [5, 5.41) is 0. The molecule has 0 atom stereocenters. The molecule has 0 aromatic heterocycles. The zero-order valence-electron chi connectivity index (χ0n) is 8.89. The predicted molar refractivity (Wildman–Crippen MR) is 58.5 cm³/mol. The minimum Gasteiger partial charge on any atom is -0.301 e. The van der Waals surface area contributed by atoms with E-state index in [-0.39, 0.29) is 0 Å². The van der Waals surface area contributed by atoms with Gasteiger partial charge in [0, 0.05) is 19.0 Å². The Morgan fingerprint density at radius 3 is 2.56 bits per heavy atom. The standard InChI is InChI=1S/C11H13ClF3N/c1-16(6-5-12)8-9-3-2-4-10(7-9)11(13,14)15/h2-4,7H,5-6,8H2,1H3. The van der Waals surface area contributed by atoms with Crippen LogP contribution in [0.1, 0.15) is 11.1 Å². The molecule has 0 spiro atoms. The van der Waals surface area contributed by atoms with Crippen LogP contribution in [0, 0.1) is 0 Å². The summed E-state index contributed by atoms with van der Waals surface area (Å²) in [5.74, 6) is 0.468. The molecule has 0 N–H and O–H groups in total. The molecule has 0 unspecified atom stereocenters. The van der Waals surface area contributed by atoms with E-state index in [0.29, 0.717) is 24.5 Å². The fraction of sp³-hybridized carbons (Fsp3) is 0.455. The Bertz CT molecular complexity index is 338. The third kappa shape index (κ3) is 4.02. The van der Waals surface area contributed by atoms with Crippen molar-refractivity contribution in [2.24, 2.45) is 0 Å². The largest absolute Gasteiger partial charge is 0.416 e. The van der Waals surface area contributed by atoms with E-state index in [1.54, 1.807) is 6.07 Å². The second-order valence-electron chi connectivity index (χ2n) is 3.62. The third-order valence-corrected chi connectivity index (χ3v) is 2.34. The van der Waals surface area contributed by atoms with E-state index in [9.17, 15) is 13.2 Å². The van der Waals surface area contributed by atoms with Crippen LogP contribution in [0.4, 0.5) is 13.2 Å². The number of nitrogens with zero attached hydrogens (tertiary/aromatic N) is 1. The predicted octanol–water partition coefficient (Wildman–Crippen LogP) is 3.38. The van der Waals surface area contributed by atoms with Gasteiger partial charge in [-0.25, -0.2) is 0 Å². The first-order valence-corrected chi connectivity index (χ1v) is 5.37. The van der Waals surface area contributed by atoms with Crippen LogP contribution in [0.2, 0.25) is 0 Å². The van der Waals surface area contributed by atoms with Gasteiger partial charge in [-0.15, -0.1) is 11.6 Å². The molecule has 0 aliphatic carbocycles. The quantitative estimate of drug-likeness (QED) is 0.742. The van der Waals surface area contributed by atoms with E-state index in [1.165, 1.54) is 12.1 Å². The Hall–Kier alpha value is -0.740. The summed E-state index contributed by atoms with van der Waals surface area (Å²) in [7, 11) is 1.82. The van der Waals surface area contributed by atoms with Crippen LogP contribution < -0.4 is 0 Å². The summed E-state index contributed by atoms with van der Waals surface area (Å²) in [5.41, 5.74) is 0.0340. The van der Waals surface area contributed by atoms with Crippen molar-refractivity contribution in [3.63, 3.8) is 0 Å². The Morgan fingerprint density at radius 1 is 1.31 bits per heavy atom. The average Bonchev–Trinajstić information content (AvgIpc) is 2.17. The zero-order valence-corrected chi connectivity index (χ0v) is 9.65. The number of hydrogen-bond donors (Lipinski definition) is 0. The molecular formula is C11H13ClF3N. The van der Waals surface area contributed by atoms with Crippen molar-refractivity contribution in [1.82, 2.24) is 4.90 Å². The van der Waals surface area contributed by atoms with Gasteiger partial charge in [0.1, 0.15) is 0 Å². The molecule has 0 aliphatic rings. The SMILES string of the molecule is CN(CCCl)Cc1cccc(C(F)(F)F)c1. The van der Waals surface area contributed by atoms with Crippen molar-refractivity contribution in [2.75, 3.05) is 19.5 Å². The lowest BCUT2D eigenvalue weighted by Gasteiger charge is -2.16. The van der Waals surface area contributed by atoms with E-state index >= 15 is 0 Å². The molecular weight excluding hydrogens is 239 g/mol. The Kier molecular flexibility index (Phi) is 4.62. The average molecular weight is 252 g/mol. The van der Waals surface area contributed by atoms with Gasteiger partial charge >= 0.3 is 6.18 Å². The monoisotopic (exact) mass is 251 g/mol. The molecule has 0 radical (unpaired) electrons. The molecule has 1 aromatic carbocycles. The first-order valence-electron chi connectivity index (χ1n) is 4.84. The molecule has 0 aliphatic heterocycles. The molecule has 5 heteroatoms. The van der Waals surface area contributed by atoms with Gasteiger partial charge in [0.15, 0.2) is 0 Å². The fourth-order valence-electron chi connectivity index (χ4n) is 1.38. The molecule has 0 fully saturated rings. The molecule has 0 heterocycles. The number of rotatable bonds is 4. The summed E-state index contributed by atoms with van der Waals surface area (Å²) < 4.78 is 37.3. The summed E-state index contributed by atoms with van der Waals surface area (Å²) in [6, 6.07) is 5.35.